The van der Waals surface area contributed by atoms with Crippen LogP contribution in [0.4, 0.5) is 0 Å². The van der Waals surface area contributed by atoms with Crippen molar-refractivity contribution in [1.29, 1.82) is 0 Å². The van der Waals surface area contributed by atoms with Crippen molar-refractivity contribution in [3.8, 4) is 0 Å². The molecule has 21 heteroatoms. The summed E-state index contributed by atoms with van der Waals surface area (Å²) in [5.41, 5.74) is 2.50. The van der Waals surface area contributed by atoms with Gasteiger partial charge < -0.3 is 57.1 Å². The van der Waals surface area contributed by atoms with E-state index in [-0.39, 0.29) is 98.4 Å². The van der Waals surface area contributed by atoms with Crippen LogP contribution in [0, 0.1) is 5.41 Å². The highest BCUT2D eigenvalue weighted by atomic mass is 35.5. The van der Waals surface area contributed by atoms with Gasteiger partial charge in [0.2, 0.25) is 35.4 Å². The third-order valence-electron chi connectivity index (χ3n) is 14.6. The molecule has 0 saturated carbocycles. The normalized spacial score (nSPS) is 20.7. The first kappa shape index (κ1) is 63.1. The molecule has 3 aromatic rings. The Morgan fingerprint density at radius 3 is 1.73 bits per heavy atom. The van der Waals surface area contributed by atoms with Gasteiger partial charge >= 0.3 is 0 Å². The van der Waals surface area contributed by atoms with Crippen molar-refractivity contribution < 1.29 is 43.2 Å². The Hall–Kier alpha value is -6.41. The summed E-state index contributed by atoms with van der Waals surface area (Å²) in [6.45, 7) is 11.9. The molecule has 0 aromatic heterocycles. The van der Waals surface area contributed by atoms with E-state index in [1.807, 2.05) is 76.2 Å². The molecule has 10 atom stereocenters. The van der Waals surface area contributed by atoms with Crippen molar-refractivity contribution in [2.75, 3.05) is 27.2 Å². The molecule has 19 nitrogen and oxygen atoms in total. The van der Waals surface area contributed by atoms with Crippen LogP contribution in [0.3, 0.4) is 0 Å². The lowest BCUT2D eigenvalue weighted by atomic mass is 9.85. The lowest BCUT2D eigenvalue weighted by Crippen LogP contribution is -2.59. The summed E-state index contributed by atoms with van der Waals surface area (Å²) in [6, 6.07) is 15.7. The van der Waals surface area contributed by atoms with Crippen LogP contribution in [-0.2, 0) is 40.0 Å². The minimum atomic E-state index is -1.14. The minimum absolute atomic E-state index is 0. The molecule has 3 aromatic carbocycles. The molecule has 2 saturated heterocycles. The second-order valence-electron chi connectivity index (χ2n) is 21.3. The summed E-state index contributed by atoms with van der Waals surface area (Å²) in [5.74, 6) is -4.05. The number of nitrogens with one attached hydrogen (secondary N) is 8. The number of halogens is 2. The predicted molar refractivity (Wildman–Crippen MR) is 297 cm³/mol. The molecule has 0 spiro atoms. The Labute approximate surface area is 464 Å². The van der Waals surface area contributed by atoms with Crippen LogP contribution in [0.1, 0.15) is 136 Å². The lowest BCUT2D eigenvalue weighted by Gasteiger charge is -2.36. The number of Topliss-reactive ketones (excluding diaryl/α,β-unsaturated/α-hetero) is 1. The fourth-order valence-corrected chi connectivity index (χ4v) is 9.96. The molecule has 1 aliphatic carbocycles. The second kappa shape index (κ2) is 28.3. The van der Waals surface area contributed by atoms with E-state index < -0.39 is 95.2 Å². The third-order valence-corrected chi connectivity index (χ3v) is 14.6. The van der Waals surface area contributed by atoms with Crippen LogP contribution < -0.4 is 42.5 Å². The number of likely N-dealkylation sites (tertiary alicyclic amines) is 2. The Kier molecular flexibility index (Phi) is 23.2. The quantitative estimate of drug-likeness (QED) is 0.0812. The lowest BCUT2D eigenvalue weighted by molar-refractivity contribution is -0.144. The first-order valence-electron chi connectivity index (χ1n) is 26.1. The first-order valence-corrected chi connectivity index (χ1v) is 26.1. The van der Waals surface area contributed by atoms with Gasteiger partial charge in [-0.25, -0.2) is 0 Å². The summed E-state index contributed by atoms with van der Waals surface area (Å²) in [7, 11) is 3.24. The maximum atomic E-state index is 14.7. The number of hydrogen-bond acceptors (Lipinski definition) is 11. The highest BCUT2D eigenvalue weighted by Gasteiger charge is 2.47. The van der Waals surface area contributed by atoms with Gasteiger partial charge in [0.25, 0.3) is 11.8 Å². The number of benzene rings is 3. The Morgan fingerprint density at radius 2 is 1.17 bits per heavy atom. The van der Waals surface area contributed by atoms with Crippen molar-refractivity contribution in [3.05, 3.63) is 107 Å². The smallest absolute Gasteiger partial charge is 0.251 e. The maximum Gasteiger partial charge on any atom is 0.251 e. The number of amides is 8. The summed E-state index contributed by atoms with van der Waals surface area (Å²) in [6.07, 6.45) is 2.59. The van der Waals surface area contributed by atoms with Crippen LogP contribution in [0.2, 0.25) is 0 Å². The topological polar surface area (TPSA) is 256 Å². The molecule has 6 rings (SSSR count). The molecule has 77 heavy (non-hydrogen) atoms. The summed E-state index contributed by atoms with van der Waals surface area (Å²) < 4.78 is 0. The number of fused-ring (bicyclic) bond motifs is 1. The number of carbonyl (C=O) groups excluding carboxylic acids is 9. The van der Waals surface area contributed by atoms with E-state index in [2.05, 4.69) is 48.6 Å². The Balaban J connectivity index is 0.00000640. The molecule has 2 fully saturated rings. The van der Waals surface area contributed by atoms with E-state index in [4.69, 9.17) is 0 Å². The fraction of sp³-hybridized carbons (Fsp3) is 0.518. The van der Waals surface area contributed by atoms with Crippen LogP contribution in [0.25, 0.3) is 0 Å². The molecular formula is C56H78Cl2N10O9. The molecule has 3 aliphatic rings. The molecule has 8 N–H and O–H groups in total. The number of hydrogen-bond donors (Lipinski definition) is 8. The average Bonchev–Trinajstić information content (AvgIpc) is 4.03. The van der Waals surface area contributed by atoms with Gasteiger partial charge in [0.1, 0.15) is 30.0 Å². The third kappa shape index (κ3) is 16.3. The zero-order valence-electron chi connectivity index (χ0n) is 45.5. The van der Waals surface area contributed by atoms with E-state index >= 15 is 0 Å². The number of carbonyl (C=O) groups is 9. The number of ketones is 1. The zero-order valence-corrected chi connectivity index (χ0v) is 47.2. The van der Waals surface area contributed by atoms with Crippen LogP contribution >= 0.6 is 24.8 Å². The number of nitrogens with zero attached hydrogens (tertiary/aromatic N) is 2. The molecule has 420 valence electrons. The predicted octanol–water partition coefficient (Wildman–Crippen LogP) is 3.60. The van der Waals surface area contributed by atoms with E-state index in [1.54, 1.807) is 34.0 Å². The van der Waals surface area contributed by atoms with E-state index in [0.717, 1.165) is 36.0 Å². The fourth-order valence-electron chi connectivity index (χ4n) is 9.96. The van der Waals surface area contributed by atoms with Gasteiger partial charge in [-0.1, -0.05) is 81.4 Å². The summed E-state index contributed by atoms with van der Waals surface area (Å²) in [4.78, 5) is 127. The number of likely N-dealkylation sites (N-methyl/N-ethyl adjacent to an activating group) is 2. The van der Waals surface area contributed by atoms with E-state index in [1.165, 1.54) is 34.9 Å². The summed E-state index contributed by atoms with van der Waals surface area (Å²) >= 11 is 0. The monoisotopic (exact) mass is 1100 g/mol. The van der Waals surface area contributed by atoms with Crippen molar-refractivity contribution in [1.82, 2.24) is 52.3 Å². The molecule has 2 aliphatic heterocycles. The van der Waals surface area contributed by atoms with E-state index in [0.29, 0.717) is 0 Å². The Bertz CT molecular complexity index is 2600. The van der Waals surface area contributed by atoms with Crippen molar-refractivity contribution in [2.24, 2.45) is 5.41 Å². The average molecular weight is 1110 g/mol. The van der Waals surface area contributed by atoms with Crippen molar-refractivity contribution >= 4 is 77.9 Å². The van der Waals surface area contributed by atoms with Gasteiger partial charge in [-0.05, 0) is 121 Å². The van der Waals surface area contributed by atoms with Gasteiger partial charge in [0.05, 0.1) is 24.2 Å². The van der Waals surface area contributed by atoms with Crippen LogP contribution in [0.5, 0.6) is 0 Å². The molecular weight excluding hydrogens is 1030 g/mol. The highest BCUT2D eigenvalue weighted by Crippen LogP contribution is 2.32. The Morgan fingerprint density at radius 1 is 0.636 bits per heavy atom. The number of rotatable bonds is 20. The highest BCUT2D eigenvalue weighted by molar-refractivity contribution is 6.01. The standard InChI is InChI=1S/C56H76N10O9.2ClH/c1-32(67)25-26-44(63-48(68)34(3)57-8)54(74)65-30-40(28-45(65)52(72)59-33(2)36-17-11-10-12-18-36)60-50(70)38-21-15-22-39(27-38)51(71)61-41-29-46(53(73)62-43-24-16-20-37-19-13-14-23-42(37)43)66(31-41)55(75)47(56(5,6)7)64-49(69)35(4)58-9;;/h10-15,17-19,21-23,27,33-35,40-41,43-47,57-58H,16,20,24-26,28-31H2,1-9H3,(H,59,72)(H,60,70)(H,61,71)(H,62,73)(H,63,68)(H,64,69);2*1H/t33-,34+,35+,40+,41+,43-,44+,45?,46+,47-;;/m1../s1. The van der Waals surface area contributed by atoms with Gasteiger partial charge in [0, 0.05) is 42.7 Å². The van der Waals surface area contributed by atoms with E-state index in [9.17, 15) is 43.2 Å². The van der Waals surface area contributed by atoms with Gasteiger partial charge in [0.15, 0.2) is 0 Å². The van der Waals surface area contributed by atoms with Gasteiger partial charge in [-0.3, -0.25) is 38.4 Å². The summed E-state index contributed by atoms with van der Waals surface area (Å²) in [5, 5.41) is 23.5. The van der Waals surface area contributed by atoms with Crippen LogP contribution in [-0.4, -0.2) is 138 Å². The zero-order chi connectivity index (χ0) is 54.7. The molecule has 0 bridgehead atoms. The second-order valence-corrected chi connectivity index (χ2v) is 21.3. The first-order chi connectivity index (χ1) is 35.6. The molecule has 2 heterocycles. The maximum absolute atomic E-state index is 14.7. The van der Waals surface area contributed by atoms with Crippen molar-refractivity contribution in [2.45, 2.75) is 154 Å². The largest absolute Gasteiger partial charge is 0.348 e. The molecule has 0 radical (unpaired) electrons. The minimum Gasteiger partial charge on any atom is -0.348 e. The van der Waals surface area contributed by atoms with Gasteiger partial charge in [-0.15, -0.1) is 24.8 Å². The van der Waals surface area contributed by atoms with Gasteiger partial charge in [-0.2, -0.15) is 0 Å². The van der Waals surface area contributed by atoms with Crippen molar-refractivity contribution in [3.63, 3.8) is 0 Å². The number of aryl methyl sites for hydroxylation is 1. The van der Waals surface area contributed by atoms with Crippen LogP contribution in [0.15, 0.2) is 78.9 Å². The SMILES string of the molecule is CN[C@@H](C)C(=O)N[C@@H](CCC(C)=O)C(=O)N1C[C@@H](NC(=O)c2cccc(C(=O)N[C@H]3C[C@@H](C(=O)N[C@@H]4CCCc5ccccc54)N(C(=O)[C@@H](NC(=O)[C@H](C)NC)C(C)(C)C)C3)c2)CC1C(=O)N[C@H](C)c1ccccc1.Cl.Cl. The molecule has 8 amide bonds. The molecule has 1 unspecified atom stereocenters.